The molecule has 2 heteroatoms. The van der Waals surface area contributed by atoms with E-state index in [1.807, 2.05) is 0 Å². The topological polar surface area (TPSA) is 15.3 Å². The van der Waals surface area contributed by atoms with Gasteiger partial charge in [-0.15, -0.1) is 0 Å². The average molecular weight is 238 g/mol. The van der Waals surface area contributed by atoms with Crippen molar-refractivity contribution in [2.45, 2.75) is 65.5 Å². The SMILES string of the molecule is CCN1CCCC1CNC1CC(C)(C)CC1C. The van der Waals surface area contributed by atoms with Crippen molar-refractivity contribution in [3.8, 4) is 0 Å². The first-order chi connectivity index (χ1) is 8.02. The Morgan fingerprint density at radius 2 is 2.06 bits per heavy atom. The molecule has 2 nitrogen and oxygen atoms in total. The van der Waals surface area contributed by atoms with Crippen molar-refractivity contribution in [3.05, 3.63) is 0 Å². The molecule has 1 heterocycles. The third kappa shape index (κ3) is 3.23. The number of nitrogens with zero attached hydrogens (tertiary/aromatic N) is 1. The molecule has 2 rings (SSSR count). The summed E-state index contributed by atoms with van der Waals surface area (Å²) in [5, 5.41) is 3.85. The molecule has 2 fully saturated rings. The van der Waals surface area contributed by atoms with Gasteiger partial charge in [0, 0.05) is 18.6 Å². The summed E-state index contributed by atoms with van der Waals surface area (Å²) in [7, 11) is 0. The van der Waals surface area contributed by atoms with Gasteiger partial charge in [0.15, 0.2) is 0 Å². The van der Waals surface area contributed by atoms with Crippen LogP contribution < -0.4 is 5.32 Å². The summed E-state index contributed by atoms with van der Waals surface area (Å²) in [6.07, 6.45) is 5.52. The molecule has 1 saturated heterocycles. The minimum absolute atomic E-state index is 0.553. The van der Waals surface area contributed by atoms with Gasteiger partial charge < -0.3 is 5.32 Å². The number of hydrogen-bond donors (Lipinski definition) is 1. The van der Waals surface area contributed by atoms with Gasteiger partial charge in [-0.25, -0.2) is 0 Å². The Morgan fingerprint density at radius 3 is 2.65 bits per heavy atom. The number of likely N-dealkylation sites (tertiary alicyclic amines) is 1. The molecule has 3 unspecified atom stereocenters. The molecule has 1 aliphatic carbocycles. The van der Waals surface area contributed by atoms with Gasteiger partial charge in [0.05, 0.1) is 0 Å². The normalized spacial score (nSPS) is 37.8. The highest BCUT2D eigenvalue weighted by molar-refractivity contribution is 4.92. The second-order valence-electron chi connectivity index (χ2n) is 6.99. The Kier molecular flexibility index (Phi) is 4.14. The van der Waals surface area contributed by atoms with Crippen LogP contribution >= 0.6 is 0 Å². The second-order valence-corrected chi connectivity index (χ2v) is 6.99. The van der Waals surface area contributed by atoms with Gasteiger partial charge in [0.25, 0.3) is 0 Å². The summed E-state index contributed by atoms with van der Waals surface area (Å²) in [5.41, 5.74) is 0.553. The fraction of sp³-hybridized carbons (Fsp3) is 1.00. The van der Waals surface area contributed by atoms with Crippen LogP contribution in [-0.2, 0) is 0 Å². The summed E-state index contributed by atoms with van der Waals surface area (Å²) < 4.78 is 0. The third-order valence-corrected chi connectivity index (χ3v) is 4.85. The lowest BCUT2D eigenvalue weighted by atomic mass is 9.91. The molecule has 3 atom stereocenters. The van der Waals surface area contributed by atoms with E-state index in [1.165, 1.54) is 45.3 Å². The summed E-state index contributed by atoms with van der Waals surface area (Å²) in [6.45, 7) is 13.3. The highest BCUT2D eigenvalue weighted by Crippen LogP contribution is 2.40. The Hall–Kier alpha value is -0.0800. The van der Waals surface area contributed by atoms with Crippen molar-refractivity contribution in [2.75, 3.05) is 19.6 Å². The van der Waals surface area contributed by atoms with Gasteiger partial charge in [0.1, 0.15) is 0 Å². The summed E-state index contributed by atoms with van der Waals surface area (Å²) >= 11 is 0. The highest BCUT2D eigenvalue weighted by atomic mass is 15.2. The van der Waals surface area contributed by atoms with E-state index in [-0.39, 0.29) is 0 Å². The first kappa shape index (κ1) is 13.4. The van der Waals surface area contributed by atoms with Gasteiger partial charge in [-0.1, -0.05) is 27.7 Å². The van der Waals surface area contributed by atoms with Crippen molar-refractivity contribution in [2.24, 2.45) is 11.3 Å². The Bertz CT molecular complexity index is 249. The molecule has 0 aromatic rings. The van der Waals surface area contributed by atoms with Crippen molar-refractivity contribution in [3.63, 3.8) is 0 Å². The zero-order chi connectivity index (χ0) is 12.5. The molecule has 0 amide bonds. The first-order valence-corrected chi connectivity index (χ1v) is 7.49. The standard InChI is InChI=1S/C15H30N2/c1-5-17-8-6-7-13(17)11-16-14-10-15(3,4)9-12(14)2/h12-14,16H,5-11H2,1-4H3. The van der Waals surface area contributed by atoms with Crippen LogP contribution in [0.4, 0.5) is 0 Å². The molecule has 1 saturated carbocycles. The predicted molar refractivity (Wildman–Crippen MR) is 74.2 cm³/mol. The van der Waals surface area contributed by atoms with Crippen LogP contribution in [0.5, 0.6) is 0 Å². The largest absolute Gasteiger partial charge is 0.312 e. The smallest absolute Gasteiger partial charge is 0.0221 e. The molecule has 17 heavy (non-hydrogen) atoms. The Morgan fingerprint density at radius 1 is 1.29 bits per heavy atom. The maximum absolute atomic E-state index is 3.85. The quantitative estimate of drug-likeness (QED) is 0.810. The van der Waals surface area contributed by atoms with Crippen molar-refractivity contribution in [1.29, 1.82) is 0 Å². The molecular weight excluding hydrogens is 208 g/mol. The van der Waals surface area contributed by atoms with Crippen LogP contribution in [0.3, 0.4) is 0 Å². The Balaban J connectivity index is 1.78. The number of nitrogens with one attached hydrogen (secondary N) is 1. The summed E-state index contributed by atoms with van der Waals surface area (Å²) in [6, 6.07) is 1.56. The van der Waals surface area contributed by atoms with Crippen LogP contribution in [0.1, 0.15) is 53.4 Å². The maximum atomic E-state index is 3.85. The average Bonchev–Trinajstić information content (AvgIpc) is 2.79. The molecule has 0 spiro atoms. The monoisotopic (exact) mass is 238 g/mol. The predicted octanol–water partition coefficient (Wildman–Crippen LogP) is 2.89. The van der Waals surface area contributed by atoms with Crippen LogP contribution in [-0.4, -0.2) is 36.6 Å². The lowest BCUT2D eigenvalue weighted by Gasteiger charge is -2.26. The maximum Gasteiger partial charge on any atom is 0.0221 e. The van der Waals surface area contributed by atoms with Crippen LogP contribution in [0.15, 0.2) is 0 Å². The Labute approximate surface area is 107 Å². The first-order valence-electron chi connectivity index (χ1n) is 7.49. The fourth-order valence-electron chi connectivity index (χ4n) is 4.00. The van der Waals surface area contributed by atoms with Crippen molar-refractivity contribution >= 4 is 0 Å². The van der Waals surface area contributed by atoms with Gasteiger partial charge >= 0.3 is 0 Å². The van der Waals surface area contributed by atoms with Crippen molar-refractivity contribution in [1.82, 2.24) is 10.2 Å². The van der Waals surface area contributed by atoms with Gasteiger partial charge in [0.2, 0.25) is 0 Å². The number of hydrogen-bond acceptors (Lipinski definition) is 2. The van der Waals surface area contributed by atoms with Gasteiger partial charge in [-0.05, 0) is 50.1 Å². The van der Waals surface area contributed by atoms with E-state index in [0.29, 0.717) is 5.41 Å². The molecule has 1 N–H and O–H groups in total. The van der Waals surface area contributed by atoms with Crippen LogP contribution in [0, 0.1) is 11.3 Å². The molecule has 1 aliphatic heterocycles. The molecule has 100 valence electrons. The molecular formula is C15H30N2. The molecule has 2 aliphatic rings. The third-order valence-electron chi connectivity index (χ3n) is 4.85. The summed E-state index contributed by atoms with van der Waals surface area (Å²) in [4.78, 5) is 2.64. The van der Waals surface area contributed by atoms with E-state index in [2.05, 4.69) is 37.9 Å². The lowest BCUT2D eigenvalue weighted by molar-refractivity contribution is 0.247. The van der Waals surface area contributed by atoms with E-state index < -0.39 is 0 Å². The fourth-order valence-corrected chi connectivity index (χ4v) is 4.00. The van der Waals surface area contributed by atoms with E-state index in [1.54, 1.807) is 0 Å². The zero-order valence-corrected chi connectivity index (χ0v) is 12.1. The van der Waals surface area contributed by atoms with E-state index in [4.69, 9.17) is 0 Å². The summed E-state index contributed by atoms with van der Waals surface area (Å²) in [5.74, 6) is 0.849. The zero-order valence-electron chi connectivity index (χ0n) is 12.1. The van der Waals surface area contributed by atoms with Crippen LogP contribution in [0.25, 0.3) is 0 Å². The molecule has 0 radical (unpaired) electrons. The van der Waals surface area contributed by atoms with E-state index in [9.17, 15) is 0 Å². The van der Waals surface area contributed by atoms with E-state index >= 15 is 0 Å². The molecule has 0 aromatic carbocycles. The lowest BCUT2D eigenvalue weighted by Crippen LogP contribution is -2.42. The van der Waals surface area contributed by atoms with Crippen molar-refractivity contribution < 1.29 is 0 Å². The van der Waals surface area contributed by atoms with E-state index in [0.717, 1.165) is 18.0 Å². The van der Waals surface area contributed by atoms with Crippen LogP contribution in [0.2, 0.25) is 0 Å². The van der Waals surface area contributed by atoms with Gasteiger partial charge in [-0.3, -0.25) is 4.90 Å². The minimum Gasteiger partial charge on any atom is -0.312 e. The molecule has 0 aromatic heterocycles. The highest BCUT2D eigenvalue weighted by Gasteiger charge is 2.36. The van der Waals surface area contributed by atoms with Gasteiger partial charge in [-0.2, -0.15) is 0 Å². The second kappa shape index (κ2) is 5.27. The number of rotatable bonds is 4. The minimum atomic E-state index is 0.553. The number of likely N-dealkylation sites (N-methyl/N-ethyl adjacent to an activating group) is 1. The molecule has 0 bridgehead atoms.